The van der Waals surface area contributed by atoms with Gasteiger partial charge in [-0.15, -0.1) is 0 Å². The Morgan fingerprint density at radius 1 is 1.41 bits per heavy atom. The minimum atomic E-state index is -0.545. The monoisotopic (exact) mass is 255 g/mol. The zero-order chi connectivity index (χ0) is 12.5. The highest BCUT2D eigenvalue weighted by atomic mass is 35.5. The van der Waals surface area contributed by atoms with E-state index in [-0.39, 0.29) is 10.8 Å². The van der Waals surface area contributed by atoms with Gasteiger partial charge in [0.15, 0.2) is 0 Å². The first-order valence-electron chi connectivity index (χ1n) is 5.73. The van der Waals surface area contributed by atoms with Crippen LogP contribution in [0, 0.1) is 5.82 Å². The van der Waals surface area contributed by atoms with Gasteiger partial charge in [0.25, 0.3) is 0 Å². The van der Waals surface area contributed by atoms with Crippen LogP contribution >= 0.6 is 11.6 Å². The number of benzene rings is 1. The lowest BCUT2D eigenvalue weighted by atomic mass is 9.70. The number of hydrogen-bond donors (Lipinski definition) is 1. The fraction of sp³-hybridized carbons (Fsp3) is 0.462. The number of nitrogens with one attached hydrogen (secondary N) is 1. The lowest BCUT2D eigenvalue weighted by molar-refractivity contribution is -0.123. The molecule has 0 saturated carbocycles. The highest BCUT2D eigenvalue weighted by molar-refractivity contribution is 6.30. The molecule has 1 aliphatic rings. The predicted molar refractivity (Wildman–Crippen MR) is 65.9 cm³/mol. The van der Waals surface area contributed by atoms with E-state index in [1.165, 1.54) is 12.1 Å². The quantitative estimate of drug-likeness (QED) is 0.880. The molecule has 2 nitrogen and oxygen atoms in total. The topological polar surface area (TPSA) is 29.1 Å². The van der Waals surface area contributed by atoms with Gasteiger partial charge in [0.05, 0.1) is 10.4 Å². The molecule has 1 saturated heterocycles. The molecule has 17 heavy (non-hydrogen) atoms. The Morgan fingerprint density at radius 3 is 2.59 bits per heavy atom. The Hall–Kier alpha value is -0.930. The van der Waals surface area contributed by atoms with Crippen LogP contribution in [0.3, 0.4) is 0 Å². The van der Waals surface area contributed by atoms with Crippen molar-refractivity contribution in [2.24, 2.45) is 0 Å². The molecule has 1 heterocycles. The second kappa shape index (κ2) is 4.75. The lowest BCUT2D eigenvalue weighted by Gasteiger charge is -2.36. The zero-order valence-corrected chi connectivity index (χ0v) is 10.5. The minimum Gasteiger partial charge on any atom is -0.317 e. The van der Waals surface area contributed by atoms with Crippen LogP contribution in [0.2, 0.25) is 5.02 Å². The third-order valence-electron chi connectivity index (χ3n) is 3.60. The molecule has 0 unspecified atom stereocenters. The van der Waals surface area contributed by atoms with Gasteiger partial charge < -0.3 is 5.32 Å². The van der Waals surface area contributed by atoms with E-state index < -0.39 is 11.2 Å². The van der Waals surface area contributed by atoms with Crippen molar-refractivity contribution < 1.29 is 9.18 Å². The summed E-state index contributed by atoms with van der Waals surface area (Å²) in [6.45, 7) is 3.14. The van der Waals surface area contributed by atoms with Crippen LogP contribution in [0.4, 0.5) is 4.39 Å². The normalized spacial score (nSPS) is 19.0. The van der Waals surface area contributed by atoms with E-state index in [2.05, 4.69) is 5.32 Å². The minimum absolute atomic E-state index is 0.0979. The fourth-order valence-electron chi connectivity index (χ4n) is 2.49. The summed E-state index contributed by atoms with van der Waals surface area (Å²) in [5.74, 6) is -0.357. The molecule has 1 aromatic rings. The Kier molecular flexibility index (Phi) is 3.50. The number of hydrogen-bond acceptors (Lipinski definition) is 2. The van der Waals surface area contributed by atoms with Crippen molar-refractivity contribution >= 4 is 17.4 Å². The Bertz CT molecular complexity index is 441. The summed E-state index contributed by atoms with van der Waals surface area (Å²) >= 11 is 5.67. The number of halogens is 2. The van der Waals surface area contributed by atoms with E-state index in [9.17, 15) is 9.18 Å². The number of carbonyl (C=O) groups is 1. The number of ketones is 1. The largest absolute Gasteiger partial charge is 0.317 e. The number of Topliss-reactive ketones (excluding diaryl/α,β-unsaturated/α-hetero) is 1. The molecule has 0 aliphatic carbocycles. The molecule has 0 atom stereocenters. The van der Waals surface area contributed by atoms with Crippen molar-refractivity contribution in [1.82, 2.24) is 5.32 Å². The van der Waals surface area contributed by atoms with Gasteiger partial charge >= 0.3 is 0 Å². The summed E-state index contributed by atoms with van der Waals surface area (Å²) < 4.78 is 13.5. The van der Waals surface area contributed by atoms with Crippen molar-refractivity contribution in [2.75, 3.05) is 13.1 Å². The van der Waals surface area contributed by atoms with Crippen LogP contribution in [0.25, 0.3) is 0 Å². The molecule has 4 heteroatoms. The third kappa shape index (κ3) is 2.22. The lowest BCUT2D eigenvalue weighted by Crippen LogP contribution is -2.44. The highest BCUT2D eigenvalue weighted by Gasteiger charge is 2.38. The van der Waals surface area contributed by atoms with E-state index in [1.807, 2.05) is 0 Å². The van der Waals surface area contributed by atoms with E-state index in [4.69, 9.17) is 11.6 Å². The molecule has 0 spiro atoms. The molecule has 1 fully saturated rings. The first-order valence-corrected chi connectivity index (χ1v) is 6.11. The predicted octanol–water partition coefficient (Wildman–Crippen LogP) is 2.69. The first-order chi connectivity index (χ1) is 8.06. The van der Waals surface area contributed by atoms with Gasteiger partial charge in [-0.25, -0.2) is 4.39 Å². The van der Waals surface area contributed by atoms with Crippen LogP contribution in [-0.4, -0.2) is 18.9 Å². The third-order valence-corrected chi connectivity index (χ3v) is 3.91. The number of piperidine rings is 1. The molecule has 0 bridgehead atoms. The highest BCUT2D eigenvalue weighted by Crippen LogP contribution is 2.35. The molecule has 92 valence electrons. The molecule has 0 amide bonds. The molecular weight excluding hydrogens is 241 g/mol. The summed E-state index contributed by atoms with van der Waals surface area (Å²) in [6.07, 6.45) is 1.42. The van der Waals surface area contributed by atoms with E-state index in [0.717, 1.165) is 18.7 Å². The number of carbonyl (C=O) groups excluding carboxylic acids is 1. The Balaban J connectivity index is 2.45. The first kappa shape index (κ1) is 12.5. The van der Waals surface area contributed by atoms with Gasteiger partial charge in [0, 0.05) is 0 Å². The second-order valence-electron chi connectivity index (χ2n) is 4.52. The van der Waals surface area contributed by atoms with E-state index >= 15 is 0 Å². The summed E-state index contributed by atoms with van der Waals surface area (Å²) in [5.41, 5.74) is 0.199. The van der Waals surface area contributed by atoms with Gasteiger partial charge in [0.1, 0.15) is 11.6 Å². The van der Waals surface area contributed by atoms with Crippen LogP contribution in [0.5, 0.6) is 0 Å². The smallest absolute Gasteiger partial charge is 0.142 e. The molecule has 1 N–H and O–H groups in total. The van der Waals surface area contributed by atoms with Gasteiger partial charge in [-0.3, -0.25) is 4.79 Å². The molecule has 0 radical (unpaired) electrons. The van der Waals surface area contributed by atoms with Gasteiger partial charge in [-0.2, -0.15) is 0 Å². The zero-order valence-electron chi connectivity index (χ0n) is 9.72. The summed E-state index contributed by atoms with van der Waals surface area (Å²) in [6, 6.07) is 4.69. The molecule has 0 aromatic heterocycles. The fourth-order valence-corrected chi connectivity index (χ4v) is 2.61. The van der Waals surface area contributed by atoms with Gasteiger partial charge in [-0.1, -0.05) is 17.7 Å². The number of rotatable bonds is 2. The van der Waals surface area contributed by atoms with Crippen LogP contribution in [0.1, 0.15) is 25.3 Å². The van der Waals surface area contributed by atoms with E-state index in [0.29, 0.717) is 12.8 Å². The summed E-state index contributed by atoms with van der Waals surface area (Å²) in [5, 5.41) is 3.32. The van der Waals surface area contributed by atoms with Crippen molar-refractivity contribution in [3.8, 4) is 0 Å². The average molecular weight is 256 g/mol. The van der Waals surface area contributed by atoms with Crippen LogP contribution in [-0.2, 0) is 10.2 Å². The standard InChI is InChI=1S/C13H15ClFNO/c1-9(17)13(4-6-16-7-5-13)10-2-3-11(14)12(15)8-10/h2-3,8,16H,4-7H2,1H3. The van der Waals surface area contributed by atoms with Crippen molar-refractivity contribution in [1.29, 1.82) is 0 Å². The molecule has 1 aliphatic heterocycles. The van der Waals surface area contributed by atoms with Crippen molar-refractivity contribution in [3.63, 3.8) is 0 Å². The maximum absolute atomic E-state index is 13.5. The van der Waals surface area contributed by atoms with E-state index in [1.54, 1.807) is 13.0 Å². The van der Waals surface area contributed by atoms with Crippen LogP contribution in [0.15, 0.2) is 18.2 Å². The molecule has 1 aromatic carbocycles. The van der Waals surface area contributed by atoms with Gasteiger partial charge in [-0.05, 0) is 50.6 Å². The second-order valence-corrected chi connectivity index (χ2v) is 4.92. The maximum Gasteiger partial charge on any atom is 0.142 e. The van der Waals surface area contributed by atoms with Crippen molar-refractivity contribution in [3.05, 3.63) is 34.6 Å². The SMILES string of the molecule is CC(=O)C1(c2ccc(Cl)c(F)c2)CCNCC1. The van der Waals surface area contributed by atoms with Crippen LogP contribution < -0.4 is 5.32 Å². The Labute approximate surface area is 105 Å². The van der Waals surface area contributed by atoms with Gasteiger partial charge in [0.2, 0.25) is 0 Å². The summed E-state index contributed by atoms with van der Waals surface area (Å²) in [7, 11) is 0. The maximum atomic E-state index is 13.5. The average Bonchev–Trinajstić information content (AvgIpc) is 2.33. The Morgan fingerprint density at radius 2 is 2.06 bits per heavy atom. The van der Waals surface area contributed by atoms with Crippen molar-refractivity contribution in [2.45, 2.75) is 25.2 Å². The summed E-state index contributed by atoms with van der Waals surface area (Å²) in [4.78, 5) is 11.9. The molecular formula is C13H15ClFNO. The molecule has 2 rings (SSSR count).